The molecule has 0 N–H and O–H groups in total. The third-order valence-electron chi connectivity index (χ3n) is 6.36. The first-order valence-corrected chi connectivity index (χ1v) is 10.1. The molecule has 2 aromatic rings. The lowest BCUT2D eigenvalue weighted by molar-refractivity contribution is -0.384. The SMILES string of the molecule is CC1(C)C2CCC1(CS(=O)(=O)On1nnc3ccc([N+](=O)[O-])cc31)C(=O)C2. The van der Waals surface area contributed by atoms with E-state index in [0.29, 0.717) is 17.7 Å². The Labute approximate surface area is 154 Å². The molecule has 10 nitrogen and oxygen atoms in total. The molecule has 2 fully saturated rings. The van der Waals surface area contributed by atoms with E-state index in [2.05, 4.69) is 10.3 Å². The van der Waals surface area contributed by atoms with Crippen LogP contribution in [0.5, 0.6) is 0 Å². The number of rotatable bonds is 5. The van der Waals surface area contributed by atoms with Crippen molar-refractivity contribution in [3.05, 3.63) is 28.3 Å². The molecule has 2 aliphatic rings. The van der Waals surface area contributed by atoms with Crippen LogP contribution < -0.4 is 4.28 Å². The Morgan fingerprint density at radius 3 is 2.74 bits per heavy atom. The maximum absolute atomic E-state index is 12.7. The number of carbonyl (C=O) groups excluding carboxylic acids is 1. The Bertz CT molecular complexity index is 1080. The fourth-order valence-corrected chi connectivity index (χ4v) is 6.26. The van der Waals surface area contributed by atoms with Crippen molar-refractivity contribution in [3.8, 4) is 0 Å². The summed E-state index contributed by atoms with van der Waals surface area (Å²) in [7, 11) is -4.19. The zero-order valence-electron chi connectivity index (χ0n) is 14.8. The van der Waals surface area contributed by atoms with Gasteiger partial charge < -0.3 is 0 Å². The molecule has 2 atom stereocenters. The fourth-order valence-electron chi connectivity index (χ4n) is 4.60. The highest BCUT2D eigenvalue weighted by atomic mass is 32.2. The van der Waals surface area contributed by atoms with E-state index in [-0.39, 0.29) is 28.4 Å². The summed E-state index contributed by atoms with van der Waals surface area (Å²) in [6, 6.07) is 3.74. The number of nitro benzene ring substituents is 1. The summed E-state index contributed by atoms with van der Waals surface area (Å²) in [6.07, 6.45) is 1.71. The maximum Gasteiger partial charge on any atom is 0.329 e. The number of Topliss-reactive ketones (excluding diaryl/α,β-unsaturated/α-hetero) is 1. The molecule has 1 aromatic carbocycles. The van der Waals surface area contributed by atoms with Crippen LogP contribution in [0.2, 0.25) is 0 Å². The van der Waals surface area contributed by atoms with Crippen molar-refractivity contribution in [2.45, 2.75) is 33.1 Å². The number of hydrogen-bond donors (Lipinski definition) is 0. The Hall–Kier alpha value is -2.56. The first-order chi connectivity index (χ1) is 12.6. The van der Waals surface area contributed by atoms with Gasteiger partial charge in [-0.2, -0.15) is 8.42 Å². The van der Waals surface area contributed by atoms with Crippen LogP contribution in [0, 0.1) is 26.9 Å². The van der Waals surface area contributed by atoms with Gasteiger partial charge in [0.05, 0.1) is 10.3 Å². The number of nitro groups is 1. The van der Waals surface area contributed by atoms with Crippen LogP contribution >= 0.6 is 0 Å². The molecular formula is C16H18N4O6S. The monoisotopic (exact) mass is 394 g/mol. The molecule has 27 heavy (non-hydrogen) atoms. The van der Waals surface area contributed by atoms with Crippen molar-refractivity contribution in [2.24, 2.45) is 16.7 Å². The van der Waals surface area contributed by atoms with Gasteiger partial charge in [0.2, 0.25) is 0 Å². The van der Waals surface area contributed by atoms with Gasteiger partial charge in [0, 0.05) is 18.6 Å². The van der Waals surface area contributed by atoms with E-state index in [0.717, 1.165) is 12.5 Å². The summed E-state index contributed by atoms with van der Waals surface area (Å²) in [5.41, 5.74) is -1.32. The fraction of sp³-hybridized carbons (Fsp3) is 0.562. The molecule has 0 radical (unpaired) electrons. The number of ketones is 1. The van der Waals surface area contributed by atoms with Crippen LogP contribution in [0.1, 0.15) is 33.1 Å². The van der Waals surface area contributed by atoms with E-state index in [4.69, 9.17) is 4.28 Å². The second-order valence-electron chi connectivity index (χ2n) is 7.84. The Kier molecular flexibility index (Phi) is 3.61. The van der Waals surface area contributed by atoms with Gasteiger partial charge in [-0.1, -0.05) is 18.7 Å². The first kappa shape index (κ1) is 17.8. The molecule has 2 unspecified atom stereocenters. The van der Waals surface area contributed by atoms with E-state index in [1.165, 1.54) is 12.1 Å². The number of hydrogen-bond acceptors (Lipinski definition) is 8. The van der Waals surface area contributed by atoms with E-state index < -0.39 is 31.6 Å². The molecule has 0 aliphatic heterocycles. The number of benzene rings is 1. The highest BCUT2D eigenvalue weighted by Crippen LogP contribution is 2.64. The third-order valence-corrected chi connectivity index (χ3v) is 7.57. The van der Waals surface area contributed by atoms with E-state index in [9.17, 15) is 23.3 Å². The Morgan fingerprint density at radius 2 is 2.15 bits per heavy atom. The number of carbonyl (C=O) groups is 1. The van der Waals surface area contributed by atoms with Crippen LogP contribution in [0.25, 0.3) is 11.0 Å². The van der Waals surface area contributed by atoms with Gasteiger partial charge in [-0.15, -0.1) is 5.10 Å². The number of aromatic nitrogens is 3. The summed E-state index contributed by atoms with van der Waals surface area (Å²) < 4.78 is 30.6. The maximum atomic E-state index is 12.7. The van der Waals surface area contributed by atoms with Crippen LogP contribution in [-0.4, -0.2) is 40.0 Å². The lowest BCUT2D eigenvalue weighted by Crippen LogP contribution is -2.44. The largest absolute Gasteiger partial charge is 0.329 e. The predicted molar refractivity (Wildman–Crippen MR) is 93.1 cm³/mol. The molecule has 2 bridgehead atoms. The van der Waals surface area contributed by atoms with E-state index in [1.54, 1.807) is 0 Å². The van der Waals surface area contributed by atoms with E-state index in [1.807, 2.05) is 13.8 Å². The van der Waals surface area contributed by atoms with Crippen LogP contribution in [-0.2, 0) is 14.9 Å². The minimum absolute atomic E-state index is 0.0463. The molecule has 0 amide bonds. The number of non-ortho nitro benzene ring substituents is 1. The normalized spacial score (nSPS) is 26.6. The lowest BCUT2D eigenvalue weighted by atomic mass is 9.70. The van der Waals surface area contributed by atoms with Gasteiger partial charge in [0.15, 0.2) is 0 Å². The minimum Gasteiger partial charge on any atom is -0.299 e. The van der Waals surface area contributed by atoms with Crippen LogP contribution in [0.4, 0.5) is 5.69 Å². The Balaban J connectivity index is 1.67. The molecule has 4 rings (SSSR count). The van der Waals surface area contributed by atoms with Crippen molar-refractivity contribution < 1.29 is 22.4 Å². The van der Waals surface area contributed by atoms with Crippen molar-refractivity contribution in [1.29, 1.82) is 0 Å². The van der Waals surface area contributed by atoms with E-state index >= 15 is 0 Å². The van der Waals surface area contributed by atoms with Gasteiger partial charge in [0.25, 0.3) is 5.69 Å². The van der Waals surface area contributed by atoms with Crippen LogP contribution in [0.15, 0.2) is 18.2 Å². The summed E-state index contributed by atoms with van der Waals surface area (Å²) in [6.45, 7) is 3.86. The molecule has 1 heterocycles. The van der Waals surface area contributed by atoms with Gasteiger partial charge >= 0.3 is 10.1 Å². The van der Waals surface area contributed by atoms with Gasteiger partial charge in [-0.25, -0.2) is 0 Å². The van der Waals surface area contributed by atoms with Gasteiger partial charge in [-0.3, -0.25) is 19.2 Å². The number of fused-ring (bicyclic) bond motifs is 3. The number of nitrogens with zero attached hydrogens (tertiary/aromatic N) is 4. The minimum atomic E-state index is -4.19. The quantitative estimate of drug-likeness (QED) is 0.550. The van der Waals surface area contributed by atoms with Gasteiger partial charge in [0.1, 0.15) is 22.6 Å². The van der Waals surface area contributed by atoms with Crippen LogP contribution in [0.3, 0.4) is 0 Å². The molecule has 2 saturated carbocycles. The predicted octanol–water partition coefficient (Wildman–Crippen LogP) is 1.49. The second kappa shape index (κ2) is 5.47. The van der Waals surface area contributed by atoms with Crippen molar-refractivity contribution in [3.63, 3.8) is 0 Å². The smallest absolute Gasteiger partial charge is 0.299 e. The molecule has 1 aromatic heterocycles. The summed E-state index contributed by atoms with van der Waals surface area (Å²) in [5, 5.41) is 18.3. The molecule has 11 heteroatoms. The molecule has 2 aliphatic carbocycles. The molecule has 0 saturated heterocycles. The summed E-state index contributed by atoms with van der Waals surface area (Å²) in [5.74, 6) is -0.316. The average Bonchev–Trinajstić information content (AvgIpc) is 3.13. The summed E-state index contributed by atoms with van der Waals surface area (Å²) >= 11 is 0. The van der Waals surface area contributed by atoms with Crippen molar-refractivity contribution in [2.75, 3.05) is 5.75 Å². The Morgan fingerprint density at radius 1 is 1.41 bits per heavy atom. The zero-order valence-corrected chi connectivity index (χ0v) is 15.6. The zero-order chi connectivity index (χ0) is 19.6. The average molecular weight is 394 g/mol. The standard InChI is InChI=1S/C16H18N4O6S/c1-15(2)10-5-6-16(15,14(21)7-10)9-27(24,25)26-19-13-8-11(20(22)23)3-4-12(13)17-18-19/h3-4,8,10H,5-7,9H2,1-2H3. The van der Waals surface area contributed by atoms with Crippen molar-refractivity contribution in [1.82, 2.24) is 15.2 Å². The first-order valence-electron chi connectivity index (χ1n) is 8.52. The summed E-state index contributed by atoms with van der Waals surface area (Å²) in [4.78, 5) is 23.6. The lowest BCUT2D eigenvalue weighted by Gasteiger charge is -2.35. The highest BCUT2D eigenvalue weighted by molar-refractivity contribution is 7.86. The molecular weight excluding hydrogens is 376 g/mol. The third kappa shape index (κ3) is 2.52. The second-order valence-corrected chi connectivity index (χ2v) is 9.39. The molecule has 0 spiro atoms. The topological polar surface area (TPSA) is 134 Å². The van der Waals surface area contributed by atoms with Gasteiger partial charge in [-0.05, 0) is 35.5 Å². The molecule has 144 valence electrons. The highest BCUT2D eigenvalue weighted by Gasteiger charge is 2.65. The van der Waals surface area contributed by atoms with Crippen molar-refractivity contribution >= 4 is 32.6 Å².